The third-order valence-electron chi connectivity index (χ3n) is 3.20. The monoisotopic (exact) mass is 327 g/mol. The fourth-order valence-corrected chi connectivity index (χ4v) is 2.56. The minimum absolute atomic E-state index is 0.0530. The van der Waals surface area contributed by atoms with Crippen LogP contribution in [-0.2, 0) is 13.1 Å². The first kappa shape index (κ1) is 14.3. The van der Waals surface area contributed by atoms with Crippen molar-refractivity contribution in [3.05, 3.63) is 41.2 Å². The second-order valence-electron chi connectivity index (χ2n) is 4.66. The average Bonchev–Trinajstić information content (AvgIpc) is 3.05. The van der Waals surface area contributed by atoms with Gasteiger partial charge in [0.05, 0.1) is 34.2 Å². The number of fused-ring (bicyclic) bond motifs is 1. The van der Waals surface area contributed by atoms with Crippen molar-refractivity contribution >= 4 is 34.2 Å². The summed E-state index contributed by atoms with van der Waals surface area (Å²) in [4.78, 5) is 4.45. The summed E-state index contributed by atoms with van der Waals surface area (Å²) in [6.45, 7) is 2.98. The number of hydrogen-bond acceptors (Lipinski definition) is 3. The second kappa shape index (κ2) is 5.61. The smallest absolute Gasteiger partial charge is 0.144 e. The lowest BCUT2D eigenvalue weighted by atomic mass is 10.3. The quantitative estimate of drug-likeness (QED) is 0.690. The number of rotatable bonds is 4. The molecule has 1 aromatic carbocycles. The van der Waals surface area contributed by atoms with Crippen LogP contribution in [0, 0.1) is 5.82 Å². The molecule has 8 heteroatoms. The lowest BCUT2D eigenvalue weighted by molar-refractivity contribution is 0.514. The maximum absolute atomic E-state index is 13.7. The zero-order valence-corrected chi connectivity index (χ0v) is 12.7. The Hall–Kier alpha value is -1.66. The molecule has 0 amide bonds. The van der Waals surface area contributed by atoms with Gasteiger partial charge in [-0.05, 0) is 13.0 Å². The van der Waals surface area contributed by atoms with Gasteiger partial charge in [0, 0.05) is 18.8 Å². The number of benzene rings is 1. The normalized spacial score (nSPS) is 13.0. The van der Waals surface area contributed by atoms with Crippen molar-refractivity contribution < 1.29 is 4.39 Å². The zero-order chi connectivity index (χ0) is 15.0. The number of imidazole rings is 1. The van der Waals surface area contributed by atoms with Gasteiger partial charge in [0.25, 0.3) is 0 Å². The molecule has 1 atom stereocenters. The molecule has 0 saturated carbocycles. The van der Waals surface area contributed by atoms with Gasteiger partial charge in [-0.1, -0.05) is 16.8 Å². The summed E-state index contributed by atoms with van der Waals surface area (Å²) < 4.78 is 17.3. The molecule has 110 valence electrons. The van der Waals surface area contributed by atoms with Crippen molar-refractivity contribution in [1.29, 1.82) is 0 Å². The highest BCUT2D eigenvalue weighted by Gasteiger charge is 2.17. The van der Waals surface area contributed by atoms with Crippen molar-refractivity contribution in [1.82, 2.24) is 24.5 Å². The molecule has 21 heavy (non-hydrogen) atoms. The van der Waals surface area contributed by atoms with Crippen LogP contribution in [0.15, 0.2) is 24.5 Å². The largest absolute Gasteiger partial charge is 0.325 e. The van der Waals surface area contributed by atoms with E-state index in [4.69, 9.17) is 23.2 Å². The Balaban J connectivity index is 2.04. The third-order valence-corrected chi connectivity index (χ3v) is 3.69. The van der Waals surface area contributed by atoms with Crippen LogP contribution >= 0.6 is 23.2 Å². The number of nitrogens with zero attached hydrogens (tertiary/aromatic N) is 5. The Morgan fingerprint density at radius 3 is 2.81 bits per heavy atom. The molecule has 0 aliphatic rings. The summed E-state index contributed by atoms with van der Waals surface area (Å²) in [5, 5.41) is 7.42. The van der Waals surface area contributed by atoms with Gasteiger partial charge in [-0.3, -0.25) is 4.68 Å². The first-order valence-corrected chi connectivity index (χ1v) is 7.21. The van der Waals surface area contributed by atoms with E-state index in [1.165, 1.54) is 12.1 Å². The van der Waals surface area contributed by atoms with Crippen molar-refractivity contribution in [3.8, 4) is 0 Å². The molecule has 3 rings (SSSR count). The van der Waals surface area contributed by atoms with Crippen LogP contribution in [0.5, 0.6) is 0 Å². The summed E-state index contributed by atoms with van der Waals surface area (Å²) in [5.41, 5.74) is 1.29. The van der Waals surface area contributed by atoms with Crippen LogP contribution in [0.3, 0.4) is 0 Å². The standard InChI is InChI=1S/C13H12Cl2FN5/c1-8(14)13-18-11-6-9(15)10(16)7-12(11)21(13)5-4-20-3-2-17-19-20/h2-3,6-8H,4-5H2,1H3. The van der Waals surface area contributed by atoms with Crippen molar-refractivity contribution in [2.75, 3.05) is 0 Å². The van der Waals surface area contributed by atoms with Gasteiger partial charge in [0.15, 0.2) is 0 Å². The second-order valence-corrected chi connectivity index (χ2v) is 5.72. The number of halogens is 3. The average molecular weight is 328 g/mol. The molecular formula is C13H12Cl2FN5. The number of hydrogen-bond donors (Lipinski definition) is 0. The molecule has 2 heterocycles. The van der Waals surface area contributed by atoms with E-state index in [9.17, 15) is 4.39 Å². The highest BCUT2D eigenvalue weighted by Crippen LogP contribution is 2.28. The van der Waals surface area contributed by atoms with Gasteiger partial charge in [-0.25, -0.2) is 9.37 Å². The fraction of sp³-hybridized carbons (Fsp3) is 0.308. The van der Waals surface area contributed by atoms with E-state index in [0.29, 0.717) is 29.9 Å². The Kier molecular flexibility index (Phi) is 3.82. The predicted molar refractivity (Wildman–Crippen MR) is 79.0 cm³/mol. The predicted octanol–water partition coefficient (Wildman–Crippen LogP) is 3.42. The van der Waals surface area contributed by atoms with E-state index in [-0.39, 0.29) is 10.4 Å². The molecule has 0 spiro atoms. The molecule has 2 aromatic heterocycles. The Morgan fingerprint density at radius 2 is 2.14 bits per heavy atom. The van der Waals surface area contributed by atoms with Gasteiger partial charge < -0.3 is 4.57 Å². The molecule has 5 nitrogen and oxygen atoms in total. The van der Waals surface area contributed by atoms with E-state index in [1.807, 2.05) is 11.5 Å². The summed E-state index contributed by atoms with van der Waals surface area (Å²) in [6.07, 6.45) is 3.37. The van der Waals surface area contributed by atoms with Crippen molar-refractivity contribution in [2.24, 2.45) is 0 Å². The minimum Gasteiger partial charge on any atom is -0.325 e. The first-order valence-electron chi connectivity index (χ1n) is 6.39. The van der Waals surface area contributed by atoms with Crippen LogP contribution in [-0.4, -0.2) is 24.5 Å². The van der Waals surface area contributed by atoms with Gasteiger partial charge in [0.1, 0.15) is 11.6 Å². The minimum atomic E-state index is -0.472. The molecule has 0 N–H and O–H groups in total. The topological polar surface area (TPSA) is 48.5 Å². The zero-order valence-electron chi connectivity index (χ0n) is 11.2. The molecule has 0 aliphatic carbocycles. The third kappa shape index (κ3) is 2.73. The number of alkyl halides is 1. The maximum atomic E-state index is 13.7. The Bertz CT molecular complexity index is 767. The van der Waals surface area contributed by atoms with Crippen LogP contribution in [0.25, 0.3) is 11.0 Å². The molecule has 0 fully saturated rings. The molecule has 0 radical (unpaired) electrons. The maximum Gasteiger partial charge on any atom is 0.144 e. The lowest BCUT2D eigenvalue weighted by Crippen LogP contribution is -2.11. The SMILES string of the molecule is CC(Cl)c1nc2cc(Cl)c(F)cc2n1CCn1ccnn1. The van der Waals surface area contributed by atoms with E-state index in [2.05, 4.69) is 15.3 Å². The van der Waals surface area contributed by atoms with E-state index in [1.54, 1.807) is 17.1 Å². The lowest BCUT2D eigenvalue weighted by Gasteiger charge is -2.10. The Labute approximate surface area is 130 Å². The summed E-state index contributed by atoms with van der Waals surface area (Å²) in [7, 11) is 0. The summed E-state index contributed by atoms with van der Waals surface area (Å²) >= 11 is 12.0. The molecule has 0 aliphatic heterocycles. The van der Waals surface area contributed by atoms with Gasteiger partial charge >= 0.3 is 0 Å². The van der Waals surface area contributed by atoms with Crippen LogP contribution in [0.4, 0.5) is 4.39 Å². The van der Waals surface area contributed by atoms with Crippen molar-refractivity contribution in [2.45, 2.75) is 25.4 Å². The Morgan fingerprint density at radius 1 is 1.33 bits per heavy atom. The van der Waals surface area contributed by atoms with E-state index < -0.39 is 5.82 Å². The number of aromatic nitrogens is 5. The summed E-state index contributed by atoms with van der Waals surface area (Å²) in [5.74, 6) is 0.202. The van der Waals surface area contributed by atoms with Gasteiger partial charge in [0.2, 0.25) is 0 Å². The molecule has 0 bridgehead atoms. The first-order chi connectivity index (χ1) is 10.1. The van der Waals surface area contributed by atoms with Crippen LogP contribution < -0.4 is 0 Å². The number of aryl methyl sites for hydroxylation is 2. The molecule has 3 aromatic rings. The highest BCUT2D eigenvalue weighted by molar-refractivity contribution is 6.31. The molecule has 0 saturated heterocycles. The molecule has 1 unspecified atom stereocenters. The highest BCUT2D eigenvalue weighted by atomic mass is 35.5. The van der Waals surface area contributed by atoms with Gasteiger partial charge in [-0.15, -0.1) is 16.7 Å². The van der Waals surface area contributed by atoms with E-state index >= 15 is 0 Å². The molecular weight excluding hydrogens is 316 g/mol. The van der Waals surface area contributed by atoms with Crippen molar-refractivity contribution in [3.63, 3.8) is 0 Å². The van der Waals surface area contributed by atoms with E-state index in [0.717, 1.165) is 0 Å². The van der Waals surface area contributed by atoms with Crippen LogP contribution in [0.2, 0.25) is 5.02 Å². The summed E-state index contributed by atoms with van der Waals surface area (Å²) in [6, 6.07) is 2.90. The van der Waals surface area contributed by atoms with Gasteiger partial charge in [-0.2, -0.15) is 0 Å². The van der Waals surface area contributed by atoms with Crippen LogP contribution in [0.1, 0.15) is 18.1 Å². The fourth-order valence-electron chi connectivity index (χ4n) is 2.23.